The number of carbonyl (C=O) groups is 2. The third-order valence-electron chi connectivity index (χ3n) is 4.34. The van der Waals surface area contributed by atoms with Gasteiger partial charge in [-0.25, -0.2) is 4.79 Å². The number of hydrogen-bond acceptors (Lipinski definition) is 6. The SMILES string of the molecule is COC(=O)c1oc(CN(CC(=O)Nc2ccc(Cl)cc2)Cc2cccnc2)cc1C. The Bertz CT molecular complexity index is 1000. The van der Waals surface area contributed by atoms with Gasteiger partial charge < -0.3 is 14.5 Å². The maximum atomic E-state index is 12.6. The molecule has 0 radical (unpaired) electrons. The number of anilines is 1. The van der Waals surface area contributed by atoms with Gasteiger partial charge in [0, 0.05) is 35.2 Å². The molecule has 30 heavy (non-hydrogen) atoms. The summed E-state index contributed by atoms with van der Waals surface area (Å²) in [6.45, 7) is 2.71. The first-order valence-corrected chi connectivity index (χ1v) is 9.66. The van der Waals surface area contributed by atoms with Crippen LogP contribution in [0.4, 0.5) is 5.69 Å². The van der Waals surface area contributed by atoms with E-state index >= 15 is 0 Å². The Hall–Kier alpha value is -3.16. The van der Waals surface area contributed by atoms with E-state index < -0.39 is 5.97 Å². The van der Waals surface area contributed by atoms with E-state index in [4.69, 9.17) is 20.8 Å². The molecule has 2 aromatic heterocycles. The van der Waals surface area contributed by atoms with Crippen LogP contribution in [0.5, 0.6) is 0 Å². The molecule has 0 unspecified atom stereocenters. The highest BCUT2D eigenvalue weighted by Gasteiger charge is 2.19. The van der Waals surface area contributed by atoms with Gasteiger partial charge in [0.2, 0.25) is 11.7 Å². The number of halogens is 1. The van der Waals surface area contributed by atoms with Gasteiger partial charge in [-0.2, -0.15) is 0 Å². The van der Waals surface area contributed by atoms with Crippen molar-refractivity contribution in [3.63, 3.8) is 0 Å². The fourth-order valence-corrected chi connectivity index (χ4v) is 3.12. The van der Waals surface area contributed by atoms with Crippen molar-refractivity contribution >= 4 is 29.2 Å². The van der Waals surface area contributed by atoms with E-state index in [1.807, 2.05) is 17.0 Å². The summed E-state index contributed by atoms with van der Waals surface area (Å²) in [6, 6.07) is 12.5. The zero-order valence-corrected chi connectivity index (χ0v) is 17.5. The van der Waals surface area contributed by atoms with E-state index in [1.165, 1.54) is 7.11 Å². The fourth-order valence-electron chi connectivity index (χ4n) is 3.00. The molecule has 0 saturated carbocycles. The summed E-state index contributed by atoms with van der Waals surface area (Å²) in [5.74, 6) is 0.0197. The number of aromatic nitrogens is 1. The Morgan fingerprint density at radius 3 is 2.63 bits per heavy atom. The number of hydrogen-bond donors (Lipinski definition) is 1. The predicted octanol–water partition coefficient (Wildman–Crippen LogP) is 4.06. The predicted molar refractivity (Wildman–Crippen MR) is 113 cm³/mol. The monoisotopic (exact) mass is 427 g/mol. The highest BCUT2D eigenvalue weighted by atomic mass is 35.5. The number of pyridine rings is 1. The molecule has 8 heteroatoms. The molecule has 0 spiro atoms. The van der Waals surface area contributed by atoms with Crippen LogP contribution >= 0.6 is 11.6 Å². The zero-order chi connectivity index (χ0) is 21.5. The zero-order valence-electron chi connectivity index (χ0n) is 16.7. The second-order valence-electron chi connectivity index (χ2n) is 6.78. The quantitative estimate of drug-likeness (QED) is 0.545. The number of amides is 1. The van der Waals surface area contributed by atoms with Crippen LogP contribution in [0, 0.1) is 6.92 Å². The molecule has 7 nitrogen and oxygen atoms in total. The van der Waals surface area contributed by atoms with Crippen molar-refractivity contribution in [1.82, 2.24) is 9.88 Å². The summed E-state index contributed by atoms with van der Waals surface area (Å²) < 4.78 is 10.4. The lowest BCUT2D eigenvalue weighted by Crippen LogP contribution is -2.32. The number of furan rings is 1. The Labute approximate surface area is 179 Å². The lowest BCUT2D eigenvalue weighted by atomic mass is 10.2. The van der Waals surface area contributed by atoms with E-state index in [9.17, 15) is 9.59 Å². The molecule has 1 N–H and O–H groups in total. The fraction of sp³-hybridized carbons (Fsp3) is 0.227. The molecule has 0 aliphatic carbocycles. The molecule has 1 amide bonds. The van der Waals surface area contributed by atoms with Crippen LogP contribution in [0.25, 0.3) is 0 Å². The molecule has 0 atom stereocenters. The lowest BCUT2D eigenvalue weighted by Gasteiger charge is -2.20. The highest BCUT2D eigenvalue weighted by Crippen LogP contribution is 2.19. The third kappa shape index (κ3) is 5.92. The van der Waals surface area contributed by atoms with E-state index in [0.717, 1.165) is 5.56 Å². The van der Waals surface area contributed by atoms with Gasteiger partial charge >= 0.3 is 5.97 Å². The summed E-state index contributed by atoms with van der Waals surface area (Å²) in [4.78, 5) is 30.5. The number of benzene rings is 1. The molecule has 3 rings (SSSR count). The number of ether oxygens (including phenoxy) is 1. The first kappa shape index (κ1) is 21.5. The van der Waals surface area contributed by atoms with Crippen LogP contribution in [0.1, 0.15) is 27.4 Å². The molecule has 0 saturated heterocycles. The standard InChI is InChI=1S/C22H22ClN3O4/c1-15-10-19(30-21(15)22(28)29-2)13-26(12-16-4-3-9-24-11-16)14-20(27)25-18-7-5-17(23)6-8-18/h3-11H,12-14H2,1-2H3,(H,25,27). The van der Waals surface area contributed by atoms with Crippen molar-refractivity contribution in [3.05, 3.63) is 82.5 Å². The molecule has 2 heterocycles. The Kier molecular flexibility index (Phi) is 7.21. The average Bonchev–Trinajstić information content (AvgIpc) is 3.09. The highest BCUT2D eigenvalue weighted by molar-refractivity contribution is 6.30. The number of carbonyl (C=O) groups excluding carboxylic acids is 2. The second kappa shape index (κ2) is 10.0. The average molecular weight is 428 g/mol. The number of nitrogens with zero attached hydrogens (tertiary/aromatic N) is 2. The Morgan fingerprint density at radius 2 is 1.97 bits per heavy atom. The van der Waals surface area contributed by atoms with Gasteiger partial charge in [-0.3, -0.25) is 14.7 Å². The maximum Gasteiger partial charge on any atom is 0.374 e. The van der Waals surface area contributed by atoms with Gasteiger partial charge in [-0.05, 0) is 48.9 Å². The van der Waals surface area contributed by atoms with Crippen molar-refractivity contribution in [1.29, 1.82) is 0 Å². The topological polar surface area (TPSA) is 84.7 Å². The normalized spacial score (nSPS) is 10.8. The van der Waals surface area contributed by atoms with Gasteiger partial charge in [0.05, 0.1) is 20.2 Å². The van der Waals surface area contributed by atoms with E-state index in [2.05, 4.69) is 10.3 Å². The van der Waals surface area contributed by atoms with Crippen molar-refractivity contribution in [2.45, 2.75) is 20.0 Å². The third-order valence-corrected chi connectivity index (χ3v) is 4.60. The summed E-state index contributed by atoms with van der Waals surface area (Å²) in [6.07, 6.45) is 3.44. The van der Waals surface area contributed by atoms with Crippen LogP contribution < -0.4 is 5.32 Å². The minimum absolute atomic E-state index is 0.116. The van der Waals surface area contributed by atoms with E-state index in [-0.39, 0.29) is 18.2 Å². The number of methoxy groups -OCH3 is 1. The van der Waals surface area contributed by atoms with Gasteiger partial charge in [0.25, 0.3) is 0 Å². The van der Waals surface area contributed by atoms with Crippen LogP contribution in [0.15, 0.2) is 59.3 Å². The Morgan fingerprint density at radius 1 is 1.20 bits per heavy atom. The molecule has 0 fully saturated rings. The van der Waals surface area contributed by atoms with E-state index in [1.54, 1.807) is 49.6 Å². The molecule has 0 bridgehead atoms. The molecule has 156 valence electrons. The first-order chi connectivity index (χ1) is 14.4. The van der Waals surface area contributed by atoms with Crippen LogP contribution in [0.2, 0.25) is 5.02 Å². The molecule has 1 aromatic carbocycles. The van der Waals surface area contributed by atoms with Gasteiger partial charge in [0.15, 0.2) is 0 Å². The van der Waals surface area contributed by atoms with Crippen LogP contribution in [-0.4, -0.2) is 35.4 Å². The minimum Gasteiger partial charge on any atom is -0.463 e. The molecule has 0 aliphatic heterocycles. The summed E-state index contributed by atoms with van der Waals surface area (Å²) >= 11 is 5.89. The number of aryl methyl sites for hydroxylation is 1. The number of esters is 1. The smallest absolute Gasteiger partial charge is 0.374 e. The second-order valence-corrected chi connectivity index (χ2v) is 7.21. The lowest BCUT2D eigenvalue weighted by molar-refractivity contribution is -0.117. The van der Waals surface area contributed by atoms with E-state index in [0.29, 0.717) is 35.1 Å². The number of nitrogens with one attached hydrogen (secondary N) is 1. The Balaban J connectivity index is 1.74. The van der Waals surface area contributed by atoms with Crippen molar-refractivity contribution < 1.29 is 18.7 Å². The van der Waals surface area contributed by atoms with Crippen LogP contribution in [0.3, 0.4) is 0 Å². The minimum atomic E-state index is -0.530. The largest absolute Gasteiger partial charge is 0.463 e. The van der Waals surface area contributed by atoms with Crippen molar-refractivity contribution in [3.8, 4) is 0 Å². The first-order valence-electron chi connectivity index (χ1n) is 9.29. The van der Waals surface area contributed by atoms with Crippen molar-refractivity contribution in [2.75, 3.05) is 19.0 Å². The van der Waals surface area contributed by atoms with Gasteiger partial charge in [-0.1, -0.05) is 17.7 Å². The van der Waals surface area contributed by atoms with Gasteiger partial charge in [-0.15, -0.1) is 0 Å². The van der Waals surface area contributed by atoms with Crippen molar-refractivity contribution in [2.24, 2.45) is 0 Å². The number of rotatable bonds is 8. The molecular weight excluding hydrogens is 406 g/mol. The molecular formula is C22H22ClN3O4. The summed E-state index contributed by atoms with van der Waals surface area (Å²) in [5, 5.41) is 3.45. The molecule has 3 aromatic rings. The molecule has 0 aliphatic rings. The van der Waals surface area contributed by atoms with Crippen LogP contribution in [-0.2, 0) is 22.6 Å². The van der Waals surface area contributed by atoms with Gasteiger partial charge in [0.1, 0.15) is 5.76 Å². The maximum absolute atomic E-state index is 12.6. The summed E-state index contributed by atoms with van der Waals surface area (Å²) in [5.41, 5.74) is 2.30. The summed E-state index contributed by atoms with van der Waals surface area (Å²) in [7, 11) is 1.31.